The molecule has 0 aromatic heterocycles. The van der Waals surface area contributed by atoms with Crippen LogP contribution in [0.5, 0.6) is 11.5 Å². The van der Waals surface area contributed by atoms with Gasteiger partial charge in [-0.05, 0) is 127 Å². The SMILES string of the molecule is C=CCc1ccc(OCC[P+](c2ccccc2)(c2ccccc2)c2ccccc2)c(-c2ccc(OCC[P+](c3ccccc3)(c3ccccc3)c3ccccc3)c(CC=C)c2)c1. The zero-order chi connectivity index (χ0) is 42.5. The Bertz CT molecular complexity index is 2460. The highest BCUT2D eigenvalue weighted by molar-refractivity contribution is 7.96. The van der Waals surface area contributed by atoms with Gasteiger partial charge in [0.25, 0.3) is 0 Å². The number of rotatable bonds is 19. The van der Waals surface area contributed by atoms with E-state index in [1.807, 2.05) is 12.2 Å². The highest BCUT2D eigenvalue weighted by Gasteiger charge is 2.46. The molecule has 8 aromatic carbocycles. The predicted octanol–water partition coefficient (Wildman–Crippen LogP) is 11.6. The van der Waals surface area contributed by atoms with E-state index in [2.05, 4.69) is 232 Å². The van der Waals surface area contributed by atoms with Crippen LogP contribution in [-0.4, -0.2) is 25.5 Å². The fraction of sp³-hybridized carbons (Fsp3) is 0.103. The molecule has 0 spiro atoms. The molecule has 0 saturated carbocycles. The summed E-state index contributed by atoms with van der Waals surface area (Å²) in [5.41, 5.74) is 4.44. The summed E-state index contributed by atoms with van der Waals surface area (Å²) in [5.74, 6) is 1.75. The molecule has 8 rings (SSSR count). The lowest BCUT2D eigenvalue weighted by Gasteiger charge is -2.28. The largest absolute Gasteiger partial charge is 0.489 e. The average molecular weight is 845 g/mol. The van der Waals surface area contributed by atoms with Gasteiger partial charge < -0.3 is 9.47 Å². The average Bonchev–Trinajstić information content (AvgIpc) is 3.34. The quantitative estimate of drug-likeness (QED) is 0.0596. The number of benzene rings is 8. The van der Waals surface area contributed by atoms with Crippen LogP contribution in [0.4, 0.5) is 0 Å². The second-order valence-corrected chi connectivity index (χ2v) is 22.6. The second-order valence-electron chi connectivity index (χ2n) is 15.4. The van der Waals surface area contributed by atoms with Gasteiger partial charge in [0.05, 0.1) is 0 Å². The normalized spacial score (nSPS) is 11.4. The molecule has 2 nitrogen and oxygen atoms in total. The van der Waals surface area contributed by atoms with Crippen LogP contribution in [0.1, 0.15) is 11.1 Å². The summed E-state index contributed by atoms with van der Waals surface area (Å²) in [4.78, 5) is 0. The third kappa shape index (κ3) is 9.15. The molecule has 0 fully saturated rings. The van der Waals surface area contributed by atoms with E-state index in [0.29, 0.717) is 19.6 Å². The third-order valence-corrected chi connectivity index (χ3v) is 20.5. The molecule has 0 amide bonds. The maximum absolute atomic E-state index is 6.96. The van der Waals surface area contributed by atoms with Crippen LogP contribution in [0.25, 0.3) is 11.1 Å². The first-order chi connectivity index (χ1) is 30.7. The van der Waals surface area contributed by atoms with E-state index in [0.717, 1.165) is 46.9 Å². The van der Waals surface area contributed by atoms with Crippen molar-refractivity contribution in [2.24, 2.45) is 0 Å². The minimum absolute atomic E-state index is 0.552. The molecule has 0 aliphatic heterocycles. The molecule has 0 saturated heterocycles. The molecule has 0 radical (unpaired) electrons. The van der Waals surface area contributed by atoms with E-state index in [9.17, 15) is 0 Å². The Morgan fingerprint density at radius 1 is 0.371 bits per heavy atom. The van der Waals surface area contributed by atoms with Crippen LogP contribution in [0.3, 0.4) is 0 Å². The Morgan fingerprint density at radius 3 is 1.10 bits per heavy atom. The van der Waals surface area contributed by atoms with Gasteiger partial charge in [-0.25, -0.2) is 0 Å². The van der Waals surface area contributed by atoms with Crippen LogP contribution in [0.2, 0.25) is 0 Å². The molecule has 306 valence electrons. The van der Waals surface area contributed by atoms with Crippen LogP contribution >= 0.6 is 14.5 Å². The van der Waals surface area contributed by atoms with Crippen molar-refractivity contribution in [2.75, 3.05) is 25.5 Å². The maximum atomic E-state index is 6.96. The van der Waals surface area contributed by atoms with E-state index >= 15 is 0 Å². The fourth-order valence-electron chi connectivity index (χ4n) is 8.77. The zero-order valence-corrected chi connectivity index (χ0v) is 37.1. The summed E-state index contributed by atoms with van der Waals surface area (Å²) in [5, 5.41) is 8.11. The third-order valence-electron chi connectivity index (χ3n) is 11.7. The Balaban J connectivity index is 1.11. The molecule has 0 unspecified atom stereocenters. The van der Waals surface area contributed by atoms with Crippen molar-refractivity contribution in [2.45, 2.75) is 12.8 Å². The van der Waals surface area contributed by atoms with Crippen molar-refractivity contribution in [3.8, 4) is 22.6 Å². The highest BCUT2D eigenvalue weighted by atomic mass is 31.2. The number of allylic oxidation sites excluding steroid dienone is 2. The molecule has 0 aliphatic rings. The number of hydrogen-bond donors (Lipinski definition) is 0. The van der Waals surface area contributed by atoms with Gasteiger partial charge in [-0.1, -0.05) is 133 Å². The van der Waals surface area contributed by atoms with Crippen molar-refractivity contribution < 1.29 is 9.47 Å². The topological polar surface area (TPSA) is 18.5 Å². The first kappa shape index (κ1) is 42.4. The summed E-state index contributed by atoms with van der Waals surface area (Å²) < 4.78 is 13.8. The standard InChI is InChI=1S/C58H54O2P2/c1-3-23-47-37-39-58(60-42-44-62(53-31-17-8-18-32-53,54-33-19-9-20-34-54)55-35-21-10-22-36-55)56(45-47)48-38-40-57(49(46-48)24-4-2)59-41-43-61(50-25-11-5-12-26-50,51-27-13-6-14-28-51)52-29-15-7-16-30-52/h3-22,25-40,45-46H,1-2,23-24,41-44H2/q+2. The smallest absolute Gasteiger partial charge is 0.127 e. The predicted molar refractivity (Wildman–Crippen MR) is 271 cm³/mol. The van der Waals surface area contributed by atoms with Gasteiger partial charge >= 0.3 is 0 Å². The van der Waals surface area contributed by atoms with Crippen LogP contribution < -0.4 is 41.3 Å². The molecule has 0 atom stereocenters. The number of hydrogen-bond acceptors (Lipinski definition) is 2. The van der Waals surface area contributed by atoms with Gasteiger partial charge in [0.1, 0.15) is 83.4 Å². The van der Waals surface area contributed by atoms with E-state index in [1.165, 1.54) is 37.4 Å². The molecular formula is C58H54O2P2+2. The zero-order valence-electron chi connectivity index (χ0n) is 35.3. The van der Waals surface area contributed by atoms with Gasteiger partial charge in [0.15, 0.2) is 0 Å². The molecule has 0 bridgehead atoms. The summed E-state index contributed by atoms with van der Waals surface area (Å²) in [6.07, 6.45) is 7.09. The maximum Gasteiger partial charge on any atom is 0.127 e. The van der Waals surface area contributed by atoms with Gasteiger partial charge in [-0.2, -0.15) is 0 Å². The lowest BCUT2D eigenvalue weighted by molar-refractivity contribution is 0.339. The molecule has 0 heterocycles. The second kappa shape index (κ2) is 20.5. The van der Waals surface area contributed by atoms with Crippen molar-refractivity contribution in [1.29, 1.82) is 0 Å². The summed E-state index contributed by atoms with van der Waals surface area (Å²) in [7, 11) is -4.11. The Labute approximate surface area is 369 Å². The molecule has 4 heteroatoms. The molecule has 62 heavy (non-hydrogen) atoms. The van der Waals surface area contributed by atoms with Crippen molar-refractivity contribution in [3.63, 3.8) is 0 Å². The monoisotopic (exact) mass is 844 g/mol. The molecular weight excluding hydrogens is 791 g/mol. The van der Waals surface area contributed by atoms with E-state index < -0.39 is 14.5 Å². The Kier molecular flexibility index (Phi) is 14.0. The van der Waals surface area contributed by atoms with Crippen molar-refractivity contribution >= 4 is 46.4 Å². The van der Waals surface area contributed by atoms with Gasteiger partial charge in [0.2, 0.25) is 0 Å². The Hall–Kier alpha value is -6.30. The van der Waals surface area contributed by atoms with E-state index in [-0.39, 0.29) is 0 Å². The fourth-order valence-corrected chi connectivity index (χ4v) is 16.9. The van der Waals surface area contributed by atoms with Crippen LogP contribution in [0.15, 0.2) is 244 Å². The van der Waals surface area contributed by atoms with Crippen LogP contribution in [-0.2, 0) is 12.8 Å². The molecule has 0 N–H and O–H groups in total. The van der Waals surface area contributed by atoms with Gasteiger partial charge in [0, 0.05) is 5.56 Å². The first-order valence-electron chi connectivity index (χ1n) is 21.5. The highest BCUT2D eigenvalue weighted by Crippen LogP contribution is 2.56. The van der Waals surface area contributed by atoms with E-state index in [4.69, 9.17) is 9.47 Å². The van der Waals surface area contributed by atoms with Crippen LogP contribution in [0, 0.1) is 0 Å². The van der Waals surface area contributed by atoms with Crippen molar-refractivity contribution in [1.82, 2.24) is 0 Å². The number of ether oxygens (including phenoxy) is 2. The van der Waals surface area contributed by atoms with E-state index in [1.54, 1.807) is 0 Å². The lowest BCUT2D eigenvalue weighted by atomic mass is 9.97. The summed E-state index contributed by atoms with van der Waals surface area (Å²) >= 11 is 0. The molecule has 0 aliphatic carbocycles. The van der Waals surface area contributed by atoms with Gasteiger partial charge in [-0.3, -0.25) is 0 Å². The first-order valence-corrected chi connectivity index (χ1v) is 25.4. The minimum Gasteiger partial charge on any atom is -0.489 e. The summed E-state index contributed by atoms with van der Waals surface area (Å²) in [6.45, 7) is 9.31. The Morgan fingerprint density at radius 2 is 0.726 bits per heavy atom. The molecule has 8 aromatic rings. The summed E-state index contributed by atoms with van der Waals surface area (Å²) in [6, 6.07) is 79.2. The lowest BCUT2D eigenvalue weighted by Crippen LogP contribution is -2.35. The minimum atomic E-state index is -2.07. The van der Waals surface area contributed by atoms with Gasteiger partial charge in [-0.15, -0.1) is 13.2 Å². The van der Waals surface area contributed by atoms with Crippen molar-refractivity contribution in [3.05, 3.63) is 255 Å².